The van der Waals surface area contributed by atoms with Crippen molar-refractivity contribution >= 4 is 51.6 Å². The van der Waals surface area contributed by atoms with E-state index in [1.54, 1.807) is 17.0 Å². The summed E-state index contributed by atoms with van der Waals surface area (Å²) in [5, 5.41) is 19.6. The molecule has 1 saturated heterocycles. The van der Waals surface area contributed by atoms with Crippen molar-refractivity contribution in [1.29, 1.82) is 0 Å². The number of carbonyl (C=O) groups excluding carboxylic acids is 3. The number of nitrogens with one attached hydrogen (secondary N) is 2. The number of amides is 2. The molecular formula is C28H30BrF4N7O6. The van der Waals surface area contributed by atoms with Gasteiger partial charge in [-0.2, -0.15) is 13.2 Å². The molecule has 0 unspecified atom stereocenters. The van der Waals surface area contributed by atoms with Crippen LogP contribution >= 0.6 is 15.9 Å². The van der Waals surface area contributed by atoms with Crippen LogP contribution in [0.3, 0.4) is 0 Å². The van der Waals surface area contributed by atoms with Crippen molar-refractivity contribution in [2.75, 3.05) is 31.5 Å². The molecule has 0 bridgehead atoms. The Morgan fingerprint density at radius 3 is 2.26 bits per heavy atom. The highest BCUT2D eigenvalue weighted by Crippen LogP contribution is 2.23. The van der Waals surface area contributed by atoms with Gasteiger partial charge >= 0.3 is 12.3 Å². The van der Waals surface area contributed by atoms with Gasteiger partial charge in [-0.15, -0.1) is 0 Å². The molecule has 0 saturated carbocycles. The number of nitrogens with zero attached hydrogens (tertiary/aromatic N) is 5. The maximum absolute atomic E-state index is 13.5. The van der Waals surface area contributed by atoms with Crippen LogP contribution in [0.4, 0.5) is 33.9 Å². The number of halogens is 5. The van der Waals surface area contributed by atoms with Crippen LogP contribution in [0.2, 0.25) is 0 Å². The van der Waals surface area contributed by atoms with Crippen molar-refractivity contribution in [3.8, 4) is 0 Å². The number of alkyl halides is 3. The largest absolute Gasteiger partial charge is 0.446 e. The molecule has 3 N–H and O–H groups in total. The second-order valence-electron chi connectivity index (χ2n) is 10.7. The molecule has 3 aromatic rings. The van der Waals surface area contributed by atoms with Crippen LogP contribution in [0.15, 0.2) is 56.6 Å². The lowest BCUT2D eigenvalue weighted by atomic mass is 10.1. The highest BCUT2D eigenvalue weighted by molar-refractivity contribution is 9.10. The minimum absolute atomic E-state index is 0.0570. The fourth-order valence-electron chi connectivity index (χ4n) is 3.86. The summed E-state index contributed by atoms with van der Waals surface area (Å²) >= 11 is 3.08. The van der Waals surface area contributed by atoms with Crippen molar-refractivity contribution < 1.29 is 46.5 Å². The number of benzene rings is 2. The lowest BCUT2D eigenvalue weighted by Crippen LogP contribution is -2.49. The summed E-state index contributed by atoms with van der Waals surface area (Å²) < 4.78 is 55.1. The monoisotopic (exact) mass is 715 g/mol. The Morgan fingerprint density at radius 1 is 1.09 bits per heavy atom. The zero-order valence-corrected chi connectivity index (χ0v) is 26.4. The molecule has 1 aliphatic rings. The Labute approximate surface area is 268 Å². The van der Waals surface area contributed by atoms with E-state index in [9.17, 15) is 32.4 Å². The minimum atomic E-state index is -4.64. The number of rotatable bonds is 6. The highest BCUT2D eigenvalue weighted by atomic mass is 79.9. The molecule has 2 aromatic carbocycles. The smallest absolute Gasteiger partial charge is 0.444 e. The van der Waals surface area contributed by atoms with Crippen LogP contribution in [0.1, 0.15) is 42.4 Å². The third kappa shape index (κ3) is 11.2. The average molecular weight is 716 g/mol. The summed E-state index contributed by atoms with van der Waals surface area (Å²) in [6.45, 7) is 8.79. The molecule has 1 aliphatic heterocycles. The van der Waals surface area contributed by atoms with Crippen molar-refractivity contribution in [3.63, 3.8) is 0 Å². The fraction of sp³-hybridized carbons (Fsp3) is 0.357. The number of hydroxylamine groups is 1. The normalized spacial score (nSPS) is 14.2. The number of ether oxygens (including phenoxy) is 1. The van der Waals surface area contributed by atoms with E-state index in [0.717, 1.165) is 5.56 Å². The summed E-state index contributed by atoms with van der Waals surface area (Å²) in [5.41, 5.74) is 2.99. The predicted molar refractivity (Wildman–Crippen MR) is 159 cm³/mol. The Hall–Kier alpha value is -4.42. The number of carbonyl (C=O) groups is 3. The number of anilines is 1. The number of hydrogen-bond acceptors (Lipinski definition) is 10. The van der Waals surface area contributed by atoms with Crippen LogP contribution in [0.5, 0.6) is 0 Å². The number of aldehydes is 1. The van der Waals surface area contributed by atoms with Gasteiger partial charge in [0.15, 0.2) is 11.5 Å². The molecule has 13 nitrogen and oxygen atoms in total. The second-order valence-corrected chi connectivity index (χ2v) is 11.5. The fourth-order valence-corrected chi connectivity index (χ4v) is 4.22. The Balaban J connectivity index is 0.000000875. The molecular weight excluding hydrogens is 686 g/mol. The van der Waals surface area contributed by atoms with Crippen LogP contribution in [-0.4, -0.2) is 87.4 Å². The van der Waals surface area contributed by atoms with Gasteiger partial charge in [-0.1, -0.05) is 12.1 Å². The third-order valence-corrected chi connectivity index (χ3v) is 6.58. The maximum Gasteiger partial charge on any atom is 0.446 e. The lowest BCUT2D eigenvalue weighted by Gasteiger charge is -2.35. The number of piperazine rings is 1. The molecule has 1 aromatic heterocycles. The number of aliphatic imine (C=N–C) groups is 1. The first-order valence-electron chi connectivity index (χ1n) is 13.5. The van der Waals surface area contributed by atoms with Crippen LogP contribution in [-0.2, 0) is 16.1 Å². The van der Waals surface area contributed by atoms with Crippen molar-refractivity contribution in [1.82, 2.24) is 25.6 Å². The van der Waals surface area contributed by atoms with Gasteiger partial charge in [-0.25, -0.2) is 18.8 Å². The van der Waals surface area contributed by atoms with Crippen molar-refractivity contribution in [3.05, 3.63) is 69.6 Å². The summed E-state index contributed by atoms with van der Waals surface area (Å²) in [6, 6.07) is 11.1. The lowest BCUT2D eigenvalue weighted by molar-refractivity contribution is -0.156. The van der Waals surface area contributed by atoms with E-state index in [1.807, 2.05) is 38.4 Å². The molecule has 0 atom stereocenters. The number of amidine groups is 1. The first kappa shape index (κ1) is 36.1. The number of aromatic nitrogens is 2. The van der Waals surface area contributed by atoms with Gasteiger partial charge < -0.3 is 15.0 Å². The molecule has 2 heterocycles. The van der Waals surface area contributed by atoms with Crippen LogP contribution in [0, 0.1) is 5.82 Å². The van der Waals surface area contributed by atoms with E-state index in [2.05, 4.69) is 41.5 Å². The van der Waals surface area contributed by atoms with Gasteiger partial charge in [-0.05, 0) is 82.9 Å². The summed E-state index contributed by atoms with van der Waals surface area (Å²) in [7, 11) is 0. The number of hydrogen-bond donors (Lipinski definition) is 3. The quantitative estimate of drug-likeness (QED) is 0.103. The molecule has 4 rings (SSSR count). The first-order valence-corrected chi connectivity index (χ1v) is 14.3. The predicted octanol–water partition coefficient (Wildman–Crippen LogP) is 5.08. The molecule has 248 valence electrons. The highest BCUT2D eigenvalue weighted by Gasteiger charge is 2.26. The van der Waals surface area contributed by atoms with Gasteiger partial charge in [0.05, 0.1) is 10.2 Å². The van der Waals surface area contributed by atoms with E-state index in [4.69, 9.17) is 14.2 Å². The summed E-state index contributed by atoms with van der Waals surface area (Å²) in [5.74, 6) is -1.19. The van der Waals surface area contributed by atoms with Gasteiger partial charge in [0.1, 0.15) is 11.4 Å². The van der Waals surface area contributed by atoms with Crippen LogP contribution in [0.25, 0.3) is 0 Å². The molecule has 1 fully saturated rings. The van der Waals surface area contributed by atoms with Gasteiger partial charge in [0.25, 0.3) is 5.91 Å². The van der Waals surface area contributed by atoms with E-state index < -0.39 is 29.8 Å². The Morgan fingerprint density at radius 2 is 1.72 bits per heavy atom. The molecule has 18 heteroatoms. The zero-order valence-electron chi connectivity index (χ0n) is 24.8. The van der Waals surface area contributed by atoms with E-state index in [-0.39, 0.29) is 27.9 Å². The molecule has 46 heavy (non-hydrogen) atoms. The minimum Gasteiger partial charge on any atom is -0.444 e. The Bertz CT molecular complexity index is 1540. The summed E-state index contributed by atoms with van der Waals surface area (Å²) in [6.07, 6.45) is -6.00. The van der Waals surface area contributed by atoms with Gasteiger partial charge in [0, 0.05) is 38.3 Å². The standard InChI is InChI=1S/C26H29BrFN7O5.C2HF3O/c1-26(2,3)39-25(37)35-12-10-34(11-13-35)15-16-4-6-17(7-5-16)24(36)30-23-21(32-40-33-23)22(31-38)29-18-8-9-20(28)19(27)14-18;3-2(4,5)1-6/h4-9,14,38H,10-13,15H2,1-3H3,(H,29,31)(H,30,33,36);1H. The Kier molecular flexibility index (Phi) is 12.3. The summed E-state index contributed by atoms with van der Waals surface area (Å²) in [4.78, 5) is 41.9. The molecule has 2 amide bonds. The van der Waals surface area contributed by atoms with E-state index in [0.29, 0.717) is 44.0 Å². The molecule has 0 aliphatic carbocycles. The second kappa shape index (κ2) is 15.7. The van der Waals surface area contributed by atoms with E-state index in [1.165, 1.54) is 18.2 Å². The molecule has 0 spiro atoms. The van der Waals surface area contributed by atoms with Gasteiger partial charge in [0.2, 0.25) is 12.1 Å². The third-order valence-electron chi connectivity index (χ3n) is 5.97. The zero-order chi connectivity index (χ0) is 34.1. The SMILES string of the molecule is CC(C)(C)OC(=O)N1CCN(Cc2ccc(C(=O)Nc3nonc3C(=Nc3ccc(F)c(Br)c3)NO)cc2)CC1.O=CC(F)(F)F. The van der Waals surface area contributed by atoms with Crippen molar-refractivity contribution in [2.45, 2.75) is 39.1 Å². The molecule has 0 radical (unpaired) electrons. The topological polar surface area (TPSA) is 162 Å². The van der Waals surface area contributed by atoms with Crippen molar-refractivity contribution in [2.24, 2.45) is 4.99 Å². The van der Waals surface area contributed by atoms with Gasteiger partial charge in [-0.3, -0.25) is 25.2 Å². The van der Waals surface area contributed by atoms with E-state index >= 15 is 0 Å². The van der Waals surface area contributed by atoms with Crippen LogP contribution < -0.4 is 10.8 Å². The maximum atomic E-state index is 13.5. The average Bonchev–Trinajstić information content (AvgIpc) is 3.45. The first-order chi connectivity index (χ1) is 21.6.